The summed E-state index contributed by atoms with van der Waals surface area (Å²) >= 11 is 5.97. The molecule has 1 heterocycles. The molecule has 6 nitrogen and oxygen atoms in total. The number of nitrogens with zero attached hydrogens (tertiary/aromatic N) is 2. The molecule has 146 valence electrons. The zero-order valence-corrected chi connectivity index (χ0v) is 15.0. The number of rotatable bonds is 2. The fraction of sp³-hybridized carbons (Fsp3) is 0.167. The summed E-state index contributed by atoms with van der Waals surface area (Å²) in [5.41, 5.74) is -0.337. The molecule has 0 aliphatic carbocycles. The van der Waals surface area contributed by atoms with E-state index in [1.807, 2.05) is 0 Å². The largest absolute Gasteiger partial charge is 0.416 e. The van der Waals surface area contributed by atoms with Gasteiger partial charge in [0.05, 0.1) is 22.7 Å². The molecule has 0 atom stereocenters. The van der Waals surface area contributed by atoms with Crippen LogP contribution in [-0.2, 0) is 6.18 Å². The third-order valence-corrected chi connectivity index (χ3v) is 4.21. The average Bonchev–Trinajstić information content (AvgIpc) is 3.10. The molecule has 0 saturated carbocycles. The van der Waals surface area contributed by atoms with Gasteiger partial charge in [0.1, 0.15) is 5.84 Å². The Bertz CT molecular complexity index is 929. The zero-order chi connectivity index (χ0) is 20.3. The van der Waals surface area contributed by atoms with Crippen molar-refractivity contribution in [1.82, 2.24) is 10.3 Å². The van der Waals surface area contributed by atoms with E-state index in [1.54, 1.807) is 24.3 Å². The van der Waals surface area contributed by atoms with Gasteiger partial charge in [-0.25, -0.2) is 9.80 Å². The second-order valence-corrected chi connectivity index (χ2v) is 6.27. The fourth-order valence-electron chi connectivity index (χ4n) is 2.47. The van der Waals surface area contributed by atoms with Gasteiger partial charge in [-0.2, -0.15) is 18.3 Å². The minimum atomic E-state index is -4.45. The van der Waals surface area contributed by atoms with E-state index in [2.05, 4.69) is 15.7 Å². The molecule has 0 spiro atoms. The van der Waals surface area contributed by atoms with E-state index in [-0.39, 0.29) is 28.7 Å². The number of urea groups is 1. The molecule has 1 aliphatic heterocycles. The summed E-state index contributed by atoms with van der Waals surface area (Å²) in [6.45, 7) is 0.213. The third-order valence-electron chi connectivity index (χ3n) is 3.88. The highest BCUT2D eigenvalue weighted by atomic mass is 35.5. The second-order valence-electron chi connectivity index (χ2n) is 5.86. The molecule has 2 N–H and O–H groups in total. The smallest absolute Gasteiger partial charge is 0.309 e. The first-order chi connectivity index (χ1) is 13.2. The van der Waals surface area contributed by atoms with Gasteiger partial charge in [-0.3, -0.25) is 4.79 Å². The van der Waals surface area contributed by atoms with Crippen LogP contribution < -0.4 is 10.6 Å². The fourth-order valence-corrected chi connectivity index (χ4v) is 2.69. The summed E-state index contributed by atoms with van der Waals surface area (Å²) in [5, 5.41) is 10.4. The number of amides is 3. The van der Waals surface area contributed by atoms with E-state index >= 15 is 0 Å². The average molecular weight is 411 g/mol. The maximum Gasteiger partial charge on any atom is 0.416 e. The lowest BCUT2D eigenvalue weighted by atomic mass is 10.2. The van der Waals surface area contributed by atoms with Gasteiger partial charge in [-0.1, -0.05) is 23.7 Å². The van der Waals surface area contributed by atoms with E-state index in [4.69, 9.17) is 11.6 Å². The Morgan fingerprint density at radius 2 is 1.71 bits per heavy atom. The maximum atomic E-state index is 12.6. The van der Waals surface area contributed by atoms with Crippen LogP contribution in [0.3, 0.4) is 0 Å². The van der Waals surface area contributed by atoms with Gasteiger partial charge in [0, 0.05) is 12.1 Å². The molecule has 0 aromatic heterocycles. The summed E-state index contributed by atoms with van der Waals surface area (Å²) in [5.74, 6) is -0.165. The third kappa shape index (κ3) is 4.61. The summed E-state index contributed by atoms with van der Waals surface area (Å²) in [7, 11) is 0. The monoisotopic (exact) mass is 410 g/mol. The van der Waals surface area contributed by atoms with E-state index in [1.165, 1.54) is 0 Å². The van der Waals surface area contributed by atoms with Crippen LogP contribution in [0.4, 0.5) is 23.7 Å². The van der Waals surface area contributed by atoms with Gasteiger partial charge in [-0.05, 0) is 36.4 Å². The molecule has 0 bridgehead atoms. The summed E-state index contributed by atoms with van der Waals surface area (Å²) in [4.78, 5) is 24.4. The van der Waals surface area contributed by atoms with Gasteiger partial charge < -0.3 is 10.6 Å². The van der Waals surface area contributed by atoms with Crippen LogP contribution in [0.25, 0.3) is 0 Å². The lowest BCUT2D eigenvalue weighted by Crippen LogP contribution is -2.30. The summed E-state index contributed by atoms with van der Waals surface area (Å²) in [6, 6.07) is 9.93. The van der Waals surface area contributed by atoms with E-state index in [0.717, 1.165) is 29.3 Å². The second kappa shape index (κ2) is 7.89. The van der Waals surface area contributed by atoms with Crippen molar-refractivity contribution < 1.29 is 22.8 Å². The first kappa shape index (κ1) is 19.7. The molecule has 2 aromatic rings. The Hall–Kier alpha value is -3.07. The standard InChI is InChI=1S/C18H14ClF3N4O2/c19-14-4-2-1-3-13(14)16(27)24-15-9-10-26(25-15)17(28)23-12-7-5-11(6-8-12)18(20,21)22/h1-8H,9-10H2,(H,23,28)(H,24,25,27). The number of hydrogen-bond acceptors (Lipinski definition) is 3. The predicted octanol–water partition coefficient (Wildman–Crippen LogP) is 4.34. The number of hydrogen-bond donors (Lipinski definition) is 2. The SMILES string of the molecule is O=C(NC1=NN(C(=O)Nc2ccc(C(F)(F)F)cc2)CC1)c1ccccc1Cl. The predicted molar refractivity (Wildman–Crippen MR) is 98.1 cm³/mol. The van der Waals surface area contributed by atoms with Crippen molar-refractivity contribution in [3.05, 3.63) is 64.7 Å². The normalized spacial score (nSPS) is 13.9. The van der Waals surface area contributed by atoms with Crippen LogP contribution in [0.15, 0.2) is 53.6 Å². The molecule has 0 radical (unpaired) electrons. The van der Waals surface area contributed by atoms with Crippen LogP contribution in [0.1, 0.15) is 22.3 Å². The Kier molecular flexibility index (Phi) is 5.55. The summed E-state index contributed by atoms with van der Waals surface area (Å²) in [6.07, 6.45) is -4.13. The molecule has 0 saturated heterocycles. The number of carbonyl (C=O) groups is 2. The lowest BCUT2D eigenvalue weighted by molar-refractivity contribution is -0.137. The van der Waals surface area contributed by atoms with Crippen molar-refractivity contribution in [3.63, 3.8) is 0 Å². The lowest BCUT2D eigenvalue weighted by Gasteiger charge is -2.13. The van der Waals surface area contributed by atoms with Crippen molar-refractivity contribution in [3.8, 4) is 0 Å². The summed E-state index contributed by atoms with van der Waals surface area (Å²) < 4.78 is 37.7. The van der Waals surface area contributed by atoms with E-state index in [9.17, 15) is 22.8 Å². The van der Waals surface area contributed by atoms with Gasteiger partial charge in [-0.15, -0.1) is 0 Å². The number of nitrogens with one attached hydrogen (secondary N) is 2. The highest BCUT2D eigenvalue weighted by molar-refractivity contribution is 6.34. The molecule has 1 aliphatic rings. The van der Waals surface area contributed by atoms with Crippen LogP contribution in [-0.4, -0.2) is 29.3 Å². The number of carbonyl (C=O) groups excluding carboxylic acids is 2. The number of hydrazone groups is 1. The topological polar surface area (TPSA) is 73.8 Å². The maximum absolute atomic E-state index is 12.6. The molecule has 3 amide bonds. The van der Waals surface area contributed by atoms with Gasteiger partial charge in [0.15, 0.2) is 0 Å². The molecular weight excluding hydrogens is 397 g/mol. The van der Waals surface area contributed by atoms with Crippen molar-refractivity contribution in [2.75, 3.05) is 11.9 Å². The Labute approximate surface area is 163 Å². The van der Waals surface area contributed by atoms with Gasteiger partial charge in [0.25, 0.3) is 5.91 Å². The zero-order valence-electron chi connectivity index (χ0n) is 14.3. The molecule has 10 heteroatoms. The minimum Gasteiger partial charge on any atom is -0.309 e. The van der Waals surface area contributed by atoms with E-state index < -0.39 is 23.7 Å². The molecule has 28 heavy (non-hydrogen) atoms. The van der Waals surface area contributed by atoms with Gasteiger partial charge in [0.2, 0.25) is 0 Å². The minimum absolute atomic E-state index is 0.196. The number of anilines is 1. The van der Waals surface area contributed by atoms with Crippen LogP contribution in [0, 0.1) is 0 Å². The quantitative estimate of drug-likeness (QED) is 0.773. The van der Waals surface area contributed by atoms with E-state index in [0.29, 0.717) is 6.42 Å². The van der Waals surface area contributed by atoms with Crippen molar-refractivity contribution in [2.45, 2.75) is 12.6 Å². The first-order valence-corrected chi connectivity index (χ1v) is 8.51. The van der Waals surface area contributed by atoms with Crippen molar-refractivity contribution in [1.29, 1.82) is 0 Å². The van der Waals surface area contributed by atoms with Crippen molar-refractivity contribution >= 4 is 35.1 Å². The Balaban J connectivity index is 1.61. The Morgan fingerprint density at radius 3 is 2.36 bits per heavy atom. The molecule has 2 aromatic carbocycles. The molecule has 0 unspecified atom stereocenters. The highest BCUT2D eigenvalue weighted by Gasteiger charge is 2.30. The molecular formula is C18H14ClF3N4O2. The number of halogens is 4. The molecule has 0 fully saturated rings. The van der Waals surface area contributed by atoms with Crippen molar-refractivity contribution in [2.24, 2.45) is 5.10 Å². The first-order valence-electron chi connectivity index (χ1n) is 8.13. The highest BCUT2D eigenvalue weighted by Crippen LogP contribution is 2.29. The van der Waals surface area contributed by atoms with Crippen LogP contribution >= 0.6 is 11.6 Å². The van der Waals surface area contributed by atoms with Gasteiger partial charge >= 0.3 is 12.2 Å². The number of benzene rings is 2. The van der Waals surface area contributed by atoms with Crippen LogP contribution in [0.2, 0.25) is 5.02 Å². The molecule has 3 rings (SSSR count). The Morgan fingerprint density at radius 1 is 1.04 bits per heavy atom. The van der Waals surface area contributed by atoms with Crippen LogP contribution in [0.5, 0.6) is 0 Å². The number of amidine groups is 1. The number of alkyl halides is 3.